The molecule has 6 rings (SSSR count). The number of aliphatic hydroxyl groups excluding tert-OH is 24. The highest BCUT2D eigenvalue weighted by Gasteiger charge is 2.49. The zero-order valence-electron chi connectivity index (χ0n) is 51.7. The number of ether oxygens (including phenoxy) is 12. The fraction of sp³-hybridized carbons (Fsp3) is 1.00. The maximum atomic E-state index is 10.8. The van der Waals surface area contributed by atoms with Gasteiger partial charge in [-0.25, -0.2) is 0 Å². The van der Waals surface area contributed by atoms with Gasteiger partial charge in [-0.05, 0) is 0 Å². The van der Waals surface area contributed by atoms with Gasteiger partial charge in [-0.1, -0.05) is 0 Å². The van der Waals surface area contributed by atoms with Gasteiger partial charge in [0.1, 0.15) is 146 Å². The number of rotatable bonds is 39. The quantitative estimate of drug-likeness (QED) is 0.0272. The van der Waals surface area contributed by atoms with Crippen molar-refractivity contribution in [2.45, 2.75) is 184 Å². The van der Waals surface area contributed by atoms with E-state index in [2.05, 4.69) is 0 Å². The van der Waals surface area contributed by atoms with Crippen LogP contribution in [0.3, 0.4) is 0 Å². The van der Waals surface area contributed by atoms with E-state index >= 15 is 0 Å². The second-order valence-corrected chi connectivity index (χ2v) is 23.8. The predicted molar refractivity (Wildman–Crippen MR) is 304 cm³/mol. The van der Waals surface area contributed by atoms with Gasteiger partial charge in [-0.3, -0.25) is 19.6 Å². The molecule has 0 aromatic rings. The van der Waals surface area contributed by atoms with Crippen LogP contribution in [0, 0.1) is 0 Å². The summed E-state index contributed by atoms with van der Waals surface area (Å²) >= 11 is 0. The number of nitrogens with zero attached hydrogens (tertiary/aromatic N) is 4. The Morgan fingerprint density at radius 1 is 0.181 bits per heavy atom. The minimum Gasteiger partial charge on any atom is -0.394 e. The third-order valence-electron chi connectivity index (χ3n) is 17.4. The maximum Gasteiger partial charge on any atom is 0.186 e. The van der Waals surface area contributed by atoms with Crippen LogP contribution in [-0.2, 0) is 56.8 Å². The van der Waals surface area contributed by atoms with E-state index in [4.69, 9.17) is 56.8 Å². The third-order valence-corrected chi connectivity index (χ3v) is 17.4. The van der Waals surface area contributed by atoms with Crippen LogP contribution in [0.25, 0.3) is 0 Å². The summed E-state index contributed by atoms with van der Waals surface area (Å²) < 4.78 is 68.2. The molecule has 554 valence electrons. The van der Waals surface area contributed by atoms with Crippen molar-refractivity contribution >= 4 is 0 Å². The Balaban J connectivity index is 1.26. The molecule has 6 aliphatic heterocycles. The van der Waals surface area contributed by atoms with Crippen molar-refractivity contribution in [2.75, 3.05) is 158 Å². The molecule has 0 aromatic heterocycles. The molecule has 94 heavy (non-hydrogen) atoms. The van der Waals surface area contributed by atoms with Crippen molar-refractivity contribution in [3.05, 3.63) is 0 Å². The molecule has 0 aromatic carbocycles. The smallest absolute Gasteiger partial charge is 0.186 e. The van der Waals surface area contributed by atoms with Crippen molar-refractivity contribution in [3.63, 3.8) is 0 Å². The summed E-state index contributed by atoms with van der Waals surface area (Å²) in [5, 5.41) is 249. The second kappa shape index (κ2) is 40.1. The van der Waals surface area contributed by atoms with E-state index in [-0.39, 0.29) is 118 Å². The van der Waals surface area contributed by atoms with Crippen LogP contribution in [0.2, 0.25) is 0 Å². The van der Waals surface area contributed by atoms with Gasteiger partial charge in [0.25, 0.3) is 0 Å². The lowest BCUT2D eigenvalue weighted by atomic mass is 9.99. The summed E-state index contributed by atoms with van der Waals surface area (Å²) in [6, 6.07) is 0. The largest absolute Gasteiger partial charge is 0.394 e. The monoisotopic (exact) mass is 1380 g/mol. The third kappa shape index (κ3) is 22.0. The summed E-state index contributed by atoms with van der Waals surface area (Å²) in [6.07, 6.45) is -48.5. The van der Waals surface area contributed by atoms with Gasteiger partial charge >= 0.3 is 0 Å². The van der Waals surface area contributed by atoms with Crippen LogP contribution in [0.1, 0.15) is 0 Å². The second-order valence-electron chi connectivity index (χ2n) is 23.8. The van der Waals surface area contributed by atoms with Crippen molar-refractivity contribution in [2.24, 2.45) is 0 Å². The van der Waals surface area contributed by atoms with E-state index in [1.165, 1.54) is 0 Å². The Bertz CT molecular complexity index is 1720. The van der Waals surface area contributed by atoms with Crippen LogP contribution in [0.4, 0.5) is 0 Å². The molecule has 0 spiro atoms. The lowest BCUT2D eigenvalue weighted by molar-refractivity contribution is -0.303. The van der Waals surface area contributed by atoms with Crippen LogP contribution >= 0.6 is 0 Å². The summed E-state index contributed by atoms with van der Waals surface area (Å²) in [4.78, 5) is 7.23. The zero-order valence-corrected chi connectivity index (χ0v) is 51.7. The molecule has 0 unspecified atom stereocenters. The van der Waals surface area contributed by atoms with Crippen molar-refractivity contribution in [1.29, 1.82) is 0 Å². The summed E-state index contributed by atoms with van der Waals surface area (Å²) in [6.45, 7) is -5.48. The van der Waals surface area contributed by atoms with E-state index in [0.717, 1.165) is 0 Å². The predicted octanol–water partition coefficient (Wildman–Crippen LogP) is -16.9. The minimum absolute atomic E-state index is 0.0195. The molecular formula is C54H102N4O36. The number of hydrogen-bond donors (Lipinski definition) is 24. The average molecular weight is 1380 g/mol. The number of aliphatic hydroxyl groups is 24. The molecule has 6 heterocycles. The van der Waals surface area contributed by atoms with Gasteiger partial charge in [0.05, 0.1) is 79.3 Å². The first kappa shape index (κ1) is 81.4. The zero-order chi connectivity index (χ0) is 69.1. The fourth-order valence-corrected chi connectivity index (χ4v) is 11.2. The topological polar surface area (TPSA) is 609 Å². The normalized spacial score (nSPS) is 41.7. The van der Waals surface area contributed by atoms with Gasteiger partial charge in [0.2, 0.25) is 0 Å². The summed E-state index contributed by atoms with van der Waals surface area (Å²) in [5.41, 5.74) is 0. The van der Waals surface area contributed by atoms with E-state index in [0.29, 0.717) is 0 Å². The Labute approximate surface area is 540 Å². The van der Waals surface area contributed by atoms with Gasteiger partial charge in [-0.2, -0.15) is 0 Å². The first-order chi connectivity index (χ1) is 44.8. The van der Waals surface area contributed by atoms with Crippen LogP contribution in [0.5, 0.6) is 0 Å². The van der Waals surface area contributed by atoms with Crippen molar-refractivity contribution < 1.29 is 179 Å². The molecule has 0 bridgehead atoms. The molecule has 24 N–H and O–H groups in total. The van der Waals surface area contributed by atoms with Crippen LogP contribution < -0.4 is 0 Å². The summed E-state index contributed by atoms with van der Waals surface area (Å²) in [7, 11) is 0. The van der Waals surface area contributed by atoms with Crippen LogP contribution in [0.15, 0.2) is 0 Å². The van der Waals surface area contributed by atoms with Crippen molar-refractivity contribution in [1.82, 2.24) is 19.6 Å². The molecule has 0 aliphatic carbocycles. The molecule has 0 amide bonds. The van der Waals surface area contributed by atoms with Gasteiger partial charge in [0, 0.05) is 78.5 Å². The average Bonchev–Trinajstić information content (AvgIpc) is 0.980. The molecule has 40 nitrogen and oxygen atoms in total. The van der Waals surface area contributed by atoms with Gasteiger partial charge in [0.15, 0.2) is 37.7 Å². The van der Waals surface area contributed by atoms with Crippen molar-refractivity contribution in [3.8, 4) is 0 Å². The Kier molecular flexibility index (Phi) is 34.8. The minimum atomic E-state index is -1.77. The molecule has 6 aliphatic rings. The molecule has 30 atom stereocenters. The molecule has 6 fully saturated rings. The maximum absolute atomic E-state index is 10.8. The first-order valence-electron chi connectivity index (χ1n) is 31.3. The number of hydrogen-bond acceptors (Lipinski definition) is 40. The van der Waals surface area contributed by atoms with Crippen LogP contribution in [-0.4, -0.2) is 484 Å². The van der Waals surface area contributed by atoms with Gasteiger partial charge in [-0.15, -0.1) is 0 Å². The SMILES string of the molecule is OC[C@H]1O[C@H](OCCN(CCO[C@H]2O[C@H](CO)[C@@H](O)[C@H](O)[C@@H]2O)CCN(CCN(CCO[C@H]2O[C@H](CO)[C@@H](O)[C@H](O)[C@@H]2O)CCO[C@H]2O[C@H](CO)[C@@H](O)[C@H](O)[C@@H]2O)CCN(CCO[C@H]2O[C@H](CO)[C@@H](O)[C@H](O)[C@@H]2O)CCO[C@H]2O[C@H](CO)[C@@H](O)[C@H](O)[C@@H]2O)[C@@H](O)[C@@H](O)[C@@H]1O. The van der Waals surface area contributed by atoms with E-state index in [1.54, 1.807) is 14.7 Å². The lowest BCUT2D eigenvalue weighted by Crippen LogP contribution is -2.59. The highest BCUT2D eigenvalue weighted by Crippen LogP contribution is 2.28. The van der Waals surface area contributed by atoms with E-state index in [9.17, 15) is 123 Å². The Morgan fingerprint density at radius 2 is 0.309 bits per heavy atom. The Morgan fingerprint density at radius 3 is 0.436 bits per heavy atom. The highest BCUT2D eigenvalue weighted by molar-refractivity contribution is 4.94. The van der Waals surface area contributed by atoms with E-state index in [1.807, 2.05) is 4.90 Å². The standard InChI is InChI=1S/C54H102N4O36/c59-19-25-31(65)37(71)43(77)49(89-25)83-13-7-56(8-14-84-50-44(78)38(72)32(66)26(20-60)90-50)4-1-55(2-5-57(9-15-85-51-45(79)39(73)33(67)27(21-61)91-51)10-16-86-52-46(80)40(74)34(68)28(22-62)92-52)3-6-58(11-17-87-53-47(81)41(75)35(69)29(23-63)93-53)12-18-88-54-48(82)42(76)36(70)30(24-64)94-54/h25-54,59-82H,1-24H2/t25-,26-,27-,28-,29-,30-,31-,32-,33-,34-,35-,36-,37+,38+,39+,40+,41+,42+,43+,44+,45+,46+,47+,48+,49+,50+,51+,52+,53+,54+/m1/s1. The van der Waals surface area contributed by atoms with Gasteiger partial charge < -0.3 is 179 Å². The summed E-state index contributed by atoms with van der Waals surface area (Å²) in [5.74, 6) is 0. The van der Waals surface area contributed by atoms with E-state index < -0.39 is 224 Å². The molecular weight excluding hydrogens is 1280 g/mol. The molecule has 6 saturated heterocycles. The molecule has 0 saturated carbocycles. The fourth-order valence-electron chi connectivity index (χ4n) is 11.2. The Hall–Kier alpha value is -1.60. The molecule has 0 radical (unpaired) electrons. The lowest BCUT2D eigenvalue weighted by Gasteiger charge is -2.40. The highest BCUT2D eigenvalue weighted by atomic mass is 16.7. The molecule has 40 heteroatoms. The first-order valence-corrected chi connectivity index (χ1v) is 31.3.